The van der Waals surface area contributed by atoms with Gasteiger partial charge in [-0.15, -0.1) is 0 Å². The summed E-state index contributed by atoms with van der Waals surface area (Å²) in [6.45, 7) is 2.13. The fraction of sp³-hybridized carbons (Fsp3) is 0.474. The summed E-state index contributed by atoms with van der Waals surface area (Å²) in [6.07, 6.45) is 2.98. The highest BCUT2D eigenvalue weighted by Crippen LogP contribution is 2.22. The van der Waals surface area contributed by atoms with Gasteiger partial charge in [0, 0.05) is 37.9 Å². The zero-order valence-corrected chi connectivity index (χ0v) is 15.6. The SMILES string of the molecule is COc1ccc(OCC2CCCN(C(=O)CCc3cc(Cl)no3)C2)cc1. The number of carbonyl (C=O) groups excluding carboxylic acids is 1. The van der Waals surface area contributed by atoms with Crippen LogP contribution in [0.15, 0.2) is 34.9 Å². The van der Waals surface area contributed by atoms with Gasteiger partial charge in [-0.1, -0.05) is 16.8 Å². The van der Waals surface area contributed by atoms with E-state index in [1.165, 1.54) is 0 Å². The third-order valence-electron chi connectivity index (χ3n) is 4.53. The molecule has 140 valence electrons. The van der Waals surface area contributed by atoms with E-state index in [9.17, 15) is 4.79 Å². The average Bonchev–Trinajstić information content (AvgIpc) is 3.10. The van der Waals surface area contributed by atoms with Gasteiger partial charge in [-0.25, -0.2) is 0 Å². The Balaban J connectivity index is 1.44. The molecule has 2 aromatic rings. The Morgan fingerprint density at radius 3 is 2.81 bits per heavy atom. The molecule has 1 unspecified atom stereocenters. The van der Waals surface area contributed by atoms with Crippen LogP contribution in [0.4, 0.5) is 0 Å². The van der Waals surface area contributed by atoms with Gasteiger partial charge in [-0.2, -0.15) is 0 Å². The Kier molecular flexibility index (Phi) is 6.39. The summed E-state index contributed by atoms with van der Waals surface area (Å²) in [5.41, 5.74) is 0. The van der Waals surface area contributed by atoms with E-state index < -0.39 is 0 Å². The molecule has 26 heavy (non-hydrogen) atoms. The first-order valence-electron chi connectivity index (χ1n) is 8.80. The Morgan fingerprint density at radius 1 is 1.35 bits per heavy atom. The van der Waals surface area contributed by atoms with Gasteiger partial charge in [0.05, 0.1) is 13.7 Å². The second kappa shape index (κ2) is 8.94. The number of likely N-dealkylation sites (tertiary alicyclic amines) is 1. The van der Waals surface area contributed by atoms with Crippen molar-refractivity contribution in [2.24, 2.45) is 5.92 Å². The van der Waals surface area contributed by atoms with Crippen molar-refractivity contribution in [2.45, 2.75) is 25.7 Å². The van der Waals surface area contributed by atoms with Crippen LogP contribution >= 0.6 is 11.6 Å². The van der Waals surface area contributed by atoms with Crippen LogP contribution in [0.25, 0.3) is 0 Å². The van der Waals surface area contributed by atoms with E-state index in [-0.39, 0.29) is 5.91 Å². The molecule has 0 saturated carbocycles. The van der Waals surface area contributed by atoms with Gasteiger partial charge in [-0.05, 0) is 37.1 Å². The molecule has 1 aliphatic heterocycles. The summed E-state index contributed by atoms with van der Waals surface area (Å²) in [7, 11) is 1.64. The first kappa shape index (κ1) is 18.6. The molecular formula is C19H23ClN2O4. The number of hydrogen-bond donors (Lipinski definition) is 0. The number of ether oxygens (including phenoxy) is 2. The molecule has 1 aliphatic rings. The summed E-state index contributed by atoms with van der Waals surface area (Å²) in [4.78, 5) is 14.4. The molecule has 1 saturated heterocycles. The van der Waals surface area contributed by atoms with Gasteiger partial charge in [0.25, 0.3) is 0 Å². The highest BCUT2D eigenvalue weighted by atomic mass is 35.5. The standard InChI is InChI=1S/C19H23ClN2O4/c1-24-15-4-6-16(7-5-15)25-13-14-3-2-10-22(12-14)19(23)9-8-17-11-18(20)21-26-17/h4-7,11,14H,2-3,8-10,12-13H2,1H3. The number of aryl methyl sites for hydroxylation is 1. The normalized spacial score (nSPS) is 17.2. The third-order valence-corrected chi connectivity index (χ3v) is 4.71. The van der Waals surface area contributed by atoms with Crippen molar-refractivity contribution in [1.29, 1.82) is 0 Å². The molecule has 7 heteroatoms. The molecular weight excluding hydrogens is 356 g/mol. The summed E-state index contributed by atoms with van der Waals surface area (Å²) >= 11 is 5.72. The van der Waals surface area contributed by atoms with Crippen molar-refractivity contribution in [3.05, 3.63) is 41.2 Å². The lowest BCUT2D eigenvalue weighted by Gasteiger charge is -2.32. The van der Waals surface area contributed by atoms with Crippen molar-refractivity contribution in [2.75, 3.05) is 26.8 Å². The molecule has 1 fully saturated rings. The number of carbonyl (C=O) groups is 1. The predicted molar refractivity (Wildman–Crippen MR) is 97.6 cm³/mol. The topological polar surface area (TPSA) is 64.8 Å². The lowest BCUT2D eigenvalue weighted by molar-refractivity contribution is -0.133. The van der Waals surface area contributed by atoms with Crippen molar-refractivity contribution in [3.63, 3.8) is 0 Å². The van der Waals surface area contributed by atoms with Gasteiger partial charge in [0.2, 0.25) is 5.91 Å². The Hall–Kier alpha value is -2.21. The predicted octanol–water partition coefficient (Wildman–Crippen LogP) is 3.59. The van der Waals surface area contributed by atoms with Crippen LogP contribution in [0.5, 0.6) is 11.5 Å². The minimum Gasteiger partial charge on any atom is -0.497 e. The van der Waals surface area contributed by atoms with E-state index in [0.29, 0.717) is 36.3 Å². The van der Waals surface area contributed by atoms with E-state index in [0.717, 1.165) is 37.4 Å². The minimum absolute atomic E-state index is 0.131. The number of piperidine rings is 1. The van der Waals surface area contributed by atoms with Gasteiger partial charge in [-0.3, -0.25) is 4.79 Å². The van der Waals surface area contributed by atoms with E-state index in [2.05, 4.69) is 5.16 Å². The lowest BCUT2D eigenvalue weighted by Crippen LogP contribution is -2.41. The molecule has 3 rings (SSSR count). The number of rotatable bonds is 7. The molecule has 0 N–H and O–H groups in total. The van der Waals surface area contributed by atoms with Gasteiger partial charge < -0.3 is 18.9 Å². The maximum atomic E-state index is 12.4. The van der Waals surface area contributed by atoms with Crippen LogP contribution < -0.4 is 9.47 Å². The van der Waals surface area contributed by atoms with Crippen LogP contribution in [0, 0.1) is 5.92 Å². The maximum Gasteiger partial charge on any atom is 0.223 e. The molecule has 0 aliphatic carbocycles. The molecule has 6 nitrogen and oxygen atoms in total. The molecule has 0 bridgehead atoms. The third kappa shape index (κ3) is 5.14. The fourth-order valence-electron chi connectivity index (χ4n) is 3.11. The molecule has 0 radical (unpaired) electrons. The van der Waals surface area contributed by atoms with E-state index in [1.807, 2.05) is 29.2 Å². The largest absolute Gasteiger partial charge is 0.497 e. The number of methoxy groups -OCH3 is 1. The molecule has 1 aromatic heterocycles. The zero-order valence-electron chi connectivity index (χ0n) is 14.8. The van der Waals surface area contributed by atoms with Crippen LogP contribution in [0.2, 0.25) is 5.15 Å². The number of hydrogen-bond acceptors (Lipinski definition) is 5. The van der Waals surface area contributed by atoms with Crippen molar-refractivity contribution >= 4 is 17.5 Å². The van der Waals surface area contributed by atoms with Crippen LogP contribution in [-0.4, -0.2) is 42.8 Å². The summed E-state index contributed by atoms with van der Waals surface area (Å²) in [5.74, 6) is 2.73. The Bertz CT molecular complexity index is 717. The smallest absolute Gasteiger partial charge is 0.223 e. The Morgan fingerprint density at radius 2 is 2.12 bits per heavy atom. The van der Waals surface area contributed by atoms with Crippen LogP contribution in [-0.2, 0) is 11.2 Å². The summed E-state index contributed by atoms with van der Waals surface area (Å²) in [6, 6.07) is 9.19. The summed E-state index contributed by atoms with van der Waals surface area (Å²) in [5, 5.41) is 3.94. The quantitative estimate of drug-likeness (QED) is 0.736. The number of amides is 1. The summed E-state index contributed by atoms with van der Waals surface area (Å²) < 4.78 is 16.1. The van der Waals surface area contributed by atoms with Gasteiger partial charge in [0.1, 0.15) is 17.3 Å². The van der Waals surface area contributed by atoms with Crippen molar-refractivity contribution < 1.29 is 18.8 Å². The second-order valence-electron chi connectivity index (χ2n) is 6.45. The zero-order chi connectivity index (χ0) is 18.4. The number of halogens is 1. The first-order valence-corrected chi connectivity index (χ1v) is 9.17. The van der Waals surface area contributed by atoms with Crippen molar-refractivity contribution in [3.8, 4) is 11.5 Å². The number of aromatic nitrogens is 1. The molecule has 0 spiro atoms. The molecule has 2 heterocycles. The Labute approximate surface area is 158 Å². The number of nitrogens with zero attached hydrogens (tertiary/aromatic N) is 2. The van der Waals surface area contributed by atoms with E-state index >= 15 is 0 Å². The fourth-order valence-corrected chi connectivity index (χ4v) is 3.26. The average molecular weight is 379 g/mol. The van der Waals surface area contributed by atoms with Crippen LogP contribution in [0.3, 0.4) is 0 Å². The monoisotopic (exact) mass is 378 g/mol. The van der Waals surface area contributed by atoms with Gasteiger partial charge >= 0.3 is 0 Å². The molecule has 1 aromatic carbocycles. The molecule has 1 atom stereocenters. The van der Waals surface area contributed by atoms with E-state index in [1.54, 1.807) is 13.2 Å². The highest BCUT2D eigenvalue weighted by molar-refractivity contribution is 6.29. The van der Waals surface area contributed by atoms with Crippen molar-refractivity contribution in [1.82, 2.24) is 10.1 Å². The molecule has 1 amide bonds. The maximum absolute atomic E-state index is 12.4. The number of benzene rings is 1. The van der Waals surface area contributed by atoms with Gasteiger partial charge in [0.15, 0.2) is 5.15 Å². The minimum atomic E-state index is 0.131. The van der Waals surface area contributed by atoms with E-state index in [4.69, 9.17) is 25.6 Å². The van der Waals surface area contributed by atoms with Crippen LogP contribution in [0.1, 0.15) is 25.0 Å². The lowest BCUT2D eigenvalue weighted by atomic mass is 9.98. The first-order chi connectivity index (χ1) is 12.6. The second-order valence-corrected chi connectivity index (χ2v) is 6.84. The highest BCUT2D eigenvalue weighted by Gasteiger charge is 2.24.